The average Bonchev–Trinajstić information content (AvgIpc) is 3.15. The predicted molar refractivity (Wildman–Crippen MR) is 128 cm³/mol. The Kier molecular flexibility index (Phi) is 6.31. The van der Waals surface area contributed by atoms with Gasteiger partial charge in [-0.3, -0.25) is 0 Å². The molecule has 0 aliphatic rings. The number of nitrogens with zero attached hydrogens (tertiary/aromatic N) is 4. The van der Waals surface area contributed by atoms with E-state index in [1.54, 1.807) is 46.1 Å². The van der Waals surface area contributed by atoms with E-state index in [2.05, 4.69) is 10.3 Å². The number of anilines is 2. The molecular formula is C24H27N5O5. The fourth-order valence-corrected chi connectivity index (χ4v) is 3.76. The molecule has 0 radical (unpaired) electrons. The van der Waals surface area contributed by atoms with Gasteiger partial charge in [-0.05, 0) is 26.0 Å². The second-order valence-corrected chi connectivity index (χ2v) is 7.43. The highest BCUT2D eigenvalue weighted by molar-refractivity contribution is 5.79. The molecule has 178 valence electrons. The summed E-state index contributed by atoms with van der Waals surface area (Å²) >= 11 is 0. The van der Waals surface area contributed by atoms with Crippen molar-refractivity contribution in [1.82, 2.24) is 19.6 Å². The van der Waals surface area contributed by atoms with Gasteiger partial charge in [-0.2, -0.15) is 0 Å². The Bertz CT molecular complexity index is 1300. The Balaban J connectivity index is 1.90. The predicted octanol–water partition coefficient (Wildman–Crippen LogP) is 4.19. The first kappa shape index (κ1) is 23.0. The molecule has 0 atom stereocenters. The smallest absolute Gasteiger partial charge is 0.203 e. The number of hydrogen-bond acceptors (Lipinski definition) is 9. The molecule has 10 heteroatoms. The first-order valence-corrected chi connectivity index (χ1v) is 10.5. The van der Waals surface area contributed by atoms with Crippen LogP contribution in [0.15, 0.2) is 30.3 Å². The number of ether oxygens (including phenoxy) is 5. The third-order valence-corrected chi connectivity index (χ3v) is 5.36. The summed E-state index contributed by atoms with van der Waals surface area (Å²) in [6, 6.07) is 9.13. The van der Waals surface area contributed by atoms with Crippen molar-refractivity contribution < 1.29 is 23.7 Å². The van der Waals surface area contributed by atoms with E-state index in [1.165, 1.54) is 0 Å². The van der Waals surface area contributed by atoms with Crippen LogP contribution in [0, 0.1) is 13.8 Å². The van der Waals surface area contributed by atoms with E-state index in [9.17, 15) is 0 Å². The van der Waals surface area contributed by atoms with Crippen molar-refractivity contribution in [1.29, 1.82) is 0 Å². The fourth-order valence-electron chi connectivity index (χ4n) is 3.76. The molecule has 0 spiro atoms. The van der Waals surface area contributed by atoms with Crippen LogP contribution in [0.4, 0.5) is 11.5 Å². The van der Waals surface area contributed by atoms with Crippen molar-refractivity contribution in [2.24, 2.45) is 0 Å². The van der Waals surface area contributed by atoms with E-state index in [1.807, 2.05) is 38.1 Å². The summed E-state index contributed by atoms with van der Waals surface area (Å²) in [5.41, 5.74) is 2.98. The zero-order valence-electron chi connectivity index (χ0n) is 20.2. The Morgan fingerprint density at radius 3 is 1.88 bits per heavy atom. The number of nitrogens with one attached hydrogen (secondary N) is 1. The summed E-state index contributed by atoms with van der Waals surface area (Å²) in [5.74, 6) is 4.59. The molecule has 4 rings (SSSR count). The van der Waals surface area contributed by atoms with Gasteiger partial charge in [0.05, 0.1) is 41.2 Å². The first-order valence-electron chi connectivity index (χ1n) is 10.5. The molecule has 4 aromatic rings. The molecule has 0 unspecified atom stereocenters. The number of benzene rings is 2. The summed E-state index contributed by atoms with van der Waals surface area (Å²) < 4.78 is 29.0. The molecule has 0 saturated heterocycles. The Morgan fingerprint density at radius 1 is 0.735 bits per heavy atom. The number of fused-ring (bicyclic) bond motifs is 1. The molecule has 2 aromatic carbocycles. The van der Waals surface area contributed by atoms with E-state index in [0.717, 1.165) is 22.6 Å². The van der Waals surface area contributed by atoms with Crippen molar-refractivity contribution in [2.45, 2.75) is 13.8 Å². The maximum Gasteiger partial charge on any atom is 0.203 e. The molecular weight excluding hydrogens is 438 g/mol. The maximum absolute atomic E-state index is 5.49. The first-order chi connectivity index (χ1) is 16.4. The van der Waals surface area contributed by atoms with E-state index < -0.39 is 0 Å². The molecule has 34 heavy (non-hydrogen) atoms. The topological polar surface area (TPSA) is 101 Å². The van der Waals surface area contributed by atoms with Gasteiger partial charge in [-0.15, -0.1) is 5.10 Å². The van der Waals surface area contributed by atoms with Gasteiger partial charge in [0.15, 0.2) is 23.1 Å². The monoisotopic (exact) mass is 465 g/mol. The molecule has 0 aliphatic carbocycles. The molecule has 0 amide bonds. The highest BCUT2D eigenvalue weighted by Crippen LogP contribution is 2.41. The molecule has 0 aliphatic heterocycles. The van der Waals surface area contributed by atoms with Gasteiger partial charge < -0.3 is 29.0 Å². The van der Waals surface area contributed by atoms with Crippen LogP contribution >= 0.6 is 0 Å². The average molecular weight is 466 g/mol. The number of methoxy groups -OCH3 is 5. The largest absolute Gasteiger partial charge is 0.497 e. The van der Waals surface area contributed by atoms with Crippen LogP contribution in [0.25, 0.3) is 16.9 Å². The van der Waals surface area contributed by atoms with Crippen molar-refractivity contribution in [2.75, 3.05) is 40.9 Å². The van der Waals surface area contributed by atoms with E-state index in [0.29, 0.717) is 46.1 Å². The summed E-state index contributed by atoms with van der Waals surface area (Å²) in [4.78, 5) is 9.43. The normalized spacial score (nSPS) is 10.8. The zero-order valence-corrected chi connectivity index (χ0v) is 20.2. The number of imidazole rings is 1. The zero-order chi connectivity index (χ0) is 24.4. The lowest BCUT2D eigenvalue weighted by atomic mass is 10.2. The van der Waals surface area contributed by atoms with Crippen LogP contribution in [0.5, 0.6) is 28.7 Å². The summed E-state index contributed by atoms with van der Waals surface area (Å²) in [6.07, 6.45) is 0. The lowest BCUT2D eigenvalue weighted by Crippen LogP contribution is -2.06. The molecule has 0 fully saturated rings. The van der Waals surface area contributed by atoms with Crippen LogP contribution < -0.4 is 29.0 Å². The summed E-state index contributed by atoms with van der Waals surface area (Å²) in [7, 11) is 7.91. The van der Waals surface area contributed by atoms with Crippen LogP contribution in [0.1, 0.15) is 11.5 Å². The minimum atomic E-state index is 0.472. The third-order valence-electron chi connectivity index (χ3n) is 5.36. The summed E-state index contributed by atoms with van der Waals surface area (Å²) in [6.45, 7) is 3.81. The van der Waals surface area contributed by atoms with E-state index >= 15 is 0 Å². The highest BCUT2D eigenvalue weighted by atomic mass is 16.5. The van der Waals surface area contributed by atoms with Crippen molar-refractivity contribution in [3.8, 4) is 40.1 Å². The molecule has 10 nitrogen and oxygen atoms in total. The van der Waals surface area contributed by atoms with Gasteiger partial charge in [0.25, 0.3) is 0 Å². The van der Waals surface area contributed by atoms with Gasteiger partial charge in [0, 0.05) is 29.4 Å². The van der Waals surface area contributed by atoms with Gasteiger partial charge in [-0.1, -0.05) is 0 Å². The number of hydrogen-bond donors (Lipinski definition) is 1. The van der Waals surface area contributed by atoms with Crippen molar-refractivity contribution in [3.63, 3.8) is 0 Å². The molecule has 1 N–H and O–H groups in total. The number of rotatable bonds is 8. The standard InChI is InChI=1S/C24H27N5O5/c1-13-21-24(26-16-10-19(32-5)22(34-7)20(11-16)33-6)27-23(28-29(21)14(2)25-13)15-8-17(30-3)12-18(9-15)31-4/h8-12H,1-7H3,(H,26,27,28). The fraction of sp³-hybridized carbons (Fsp3) is 0.292. The van der Waals surface area contributed by atoms with Crippen molar-refractivity contribution in [3.05, 3.63) is 41.9 Å². The molecule has 2 heterocycles. The Labute approximate surface area is 197 Å². The van der Waals surface area contributed by atoms with Gasteiger partial charge >= 0.3 is 0 Å². The number of aromatic nitrogens is 4. The number of aryl methyl sites for hydroxylation is 2. The third kappa shape index (κ3) is 4.09. The molecule has 0 bridgehead atoms. The molecule has 0 saturated carbocycles. The van der Waals surface area contributed by atoms with E-state index in [4.69, 9.17) is 33.8 Å². The van der Waals surface area contributed by atoms with Crippen LogP contribution in [-0.4, -0.2) is 55.1 Å². The van der Waals surface area contributed by atoms with Crippen molar-refractivity contribution >= 4 is 17.0 Å². The minimum absolute atomic E-state index is 0.472. The van der Waals surface area contributed by atoms with Crippen LogP contribution in [0.3, 0.4) is 0 Å². The molecule has 2 aromatic heterocycles. The van der Waals surface area contributed by atoms with Gasteiger partial charge in [0.1, 0.15) is 22.8 Å². The van der Waals surface area contributed by atoms with Gasteiger partial charge in [0.2, 0.25) is 5.75 Å². The minimum Gasteiger partial charge on any atom is -0.497 e. The van der Waals surface area contributed by atoms with Crippen LogP contribution in [-0.2, 0) is 0 Å². The highest BCUT2D eigenvalue weighted by Gasteiger charge is 2.19. The van der Waals surface area contributed by atoms with E-state index in [-0.39, 0.29) is 0 Å². The van der Waals surface area contributed by atoms with Crippen LogP contribution in [0.2, 0.25) is 0 Å². The lowest BCUT2D eigenvalue weighted by molar-refractivity contribution is 0.324. The second-order valence-electron chi connectivity index (χ2n) is 7.43. The Hall–Kier alpha value is -4.21. The second kappa shape index (κ2) is 9.34. The van der Waals surface area contributed by atoms with Gasteiger partial charge in [-0.25, -0.2) is 14.5 Å². The maximum atomic E-state index is 5.49. The Morgan fingerprint density at radius 2 is 1.35 bits per heavy atom. The quantitative estimate of drug-likeness (QED) is 0.410. The lowest BCUT2D eigenvalue weighted by Gasteiger charge is -2.16. The summed E-state index contributed by atoms with van der Waals surface area (Å²) in [5, 5.41) is 8.12. The SMILES string of the molecule is COc1cc(OC)cc(-c2nc(Nc3cc(OC)c(OC)c(OC)c3)c3c(C)nc(C)n3n2)c1.